The van der Waals surface area contributed by atoms with Crippen molar-refractivity contribution in [2.24, 2.45) is 11.7 Å². The van der Waals surface area contributed by atoms with Crippen LogP contribution in [0.2, 0.25) is 0 Å². The molecule has 0 radical (unpaired) electrons. The molecule has 1 aliphatic rings. The molecule has 2 heterocycles. The fourth-order valence-corrected chi connectivity index (χ4v) is 3.67. The second-order valence-corrected chi connectivity index (χ2v) is 6.43. The molecule has 1 aromatic heterocycles. The molecule has 1 aromatic carbocycles. The van der Waals surface area contributed by atoms with Crippen molar-refractivity contribution in [1.29, 1.82) is 5.26 Å². The molecule has 6 heteroatoms. The molecule has 0 atom stereocenters. The second-order valence-electron chi connectivity index (χ2n) is 5.64. The number of hydrogen-bond acceptors (Lipinski definition) is 5. The zero-order chi connectivity index (χ0) is 16.4. The number of carbonyl (C=O) groups excluding carboxylic acids is 1. The first-order chi connectivity index (χ1) is 11.2. The van der Waals surface area contributed by atoms with Crippen molar-refractivity contribution in [2.75, 3.05) is 24.2 Å². The highest BCUT2D eigenvalue weighted by Gasteiger charge is 2.27. The average Bonchev–Trinajstić information content (AvgIpc) is 2.59. The first-order valence-corrected chi connectivity index (χ1v) is 8.79. The topological polar surface area (TPSA) is 83.0 Å². The van der Waals surface area contributed by atoms with Crippen LogP contribution in [0.4, 0.5) is 5.69 Å². The number of piperidine rings is 1. The summed E-state index contributed by atoms with van der Waals surface area (Å²) in [7, 11) is 0. The summed E-state index contributed by atoms with van der Waals surface area (Å²) in [6.07, 6.45) is 3.39. The van der Waals surface area contributed by atoms with Crippen LogP contribution in [0.1, 0.15) is 18.4 Å². The van der Waals surface area contributed by atoms with Gasteiger partial charge in [0, 0.05) is 24.4 Å². The molecule has 118 valence electrons. The average molecular weight is 326 g/mol. The molecule has 0 spiro atoms. The number of amides is 1. The Labute approximate surface area is 139 Å². The highest BCUT2D eigenvalue weighted by Crippen LogP contribution is 2.36. The molecular weight excluding hydrogens is 308 g/mol. The van der Waals surface area contributed by atoms with Gasteiger partial charge in [0.25, 0.3) is 0 Å². The summed E-state index contributed by atoms with van der Waals surface area (Å²) < 4.78 is 0. The zero-order valence-corrected chi connectivity index (χ0v) is 13.8. The van der Waals surface area contributed by atoms with Gasteiger partial charge < -0.3 is 10.6 Å². The molecule has 2 aromatic rings. The molecule has 0 saturated carbocycles. The number of fused-ring (bicyclic) bond motifs is 1. The minimum absolute atomic E-state index is 0.0649. The number of aromatic nitrogens is 1. The third-order valence-corrected chi connectivity index (χ3v) is 5.03. The first-order valence-electron chi connectivity index (χ1n) is 7.56. The lowest BCUT2D eigenvalue weighted by Gasteiger charge is -2.33. The van der Waals surface area contributed by atoms with E-state index in [0.717, 1.165) is 47.5 Å². The summed E-state index contributed by atoms with van der Waals surface area (Å²) in [5, 5.41) is 11.4. The van der Waals surface area contributed by atoms with Crippen molar-refractivity contribution < 1.29 is 4.79 Å². The molecule has 23 heavy (non-hydrogen) atoms. The van der Waals surface area contributed by atoms with Gasteiger partial charge >= 0.3 is 0 Å². The molecule has 0 unspecified atom stereocenters. The molecule has 1 aliphatic heterocycles. The van der Waals surface area contributed by atoms with E-state index in [1.807, 2.05) is 30.5 Å². The number of nitrogens with two attached hydrogens (primary N) is 1. The van der Waals surface area contributed by atoms with E-state index in [2.05, 4.69) is 16.0 Å². The number of anilines is 1. The van der Waals surface area contributed by atoms with Crippen LogP contribution in [-0.4, -0.2) is 30.2 Å². The fraction of sp³-hybridized carbons (Fsp3) is 0.353. The Morgan fingerprint density at radius 3 is 2.70 bits per heavy atom. The second kappa shape index (κ2) is 6.47. The van der Waals surface area contributed by atoms with Gasteiger partial charge in [0.1, 0.15) is 16.7 Å². The number of hydrogen-bond donors (Lipinski definition) is 1. The van der Waals surface area contributed by atoms with Crippen molar-refractivity contribution >= 4 is 34.3 Å². The Bertz CT molecular complexity index is 791. The zero-order valence-electron chi connectivity index (χ0n) is 13.0. The van der Waals surface area contributed by atoms with Crippen LogP contribution < -0.4 is 10.6 Å². The third kappa shape index (κ3) is 2.84. The molecule has 5 nitrogen and oxygen atoms in total. The van der Waals surface area contributed by atoms with Crippen LogP contribution in [-0.2, 0) is 4.79 Å². The predicted molar refractivity (Wildman–Crippen MR) is 92.4 cm³/mol. The Morgan fingerprint density at radius 1 is 1.39 bits per heavy atom. The summed E-state index contributed by atoms with van der Waals surface area (Å²) in [6, 6.07) is 10.2. The first kappa shape index (κ1) is 15.6. The van der Waals surface area contributed by atoms with Gasteiger partial charge in [0.05, 0.1) is 11.2 Å². The Balaban J connectivity index is 2.09. The Kier molecular flexibility index (Phi) is 4.39. The Hall–Kier alpha value is -2.26. The molecule has 0 bridgehead atoms. The highest BCUT2D eigenvalue weighted by atomic mass is 32.2. The van der Waals surface area contributed by atoms with E-state index < -0.39 is 0 Å². The minimum Gasteiger partial charge on any atom is -0.370 e. The molecule has 1 saturated heterocycles. The largest absolute Gasteiger partial charge is 0.370 e. The number of carbonyl (C=O) groups is 1. The summed E-state index contributed by atoms with van der Waals surface area (Å²) in [5.74, 6) is -0.292. The number of nitrogens with zero attached hydrogens (tertiary/aromatic N) is 3. The summed E-state index contributed by atoms with van der Waals surface area (Å²) >= 11 is 1.48. The molecule has 0 aliphatic carbocycles. The summed E-state index contributed by atoms with van der Waals surface area (Å²) in [4.78, 5) is 18.2. The van der Waals surface area contributed by atoms with Crippen LogP contribution in [0, 0.1) is 17.2 Å². The van der Waals surface area contributed by atoms with Crippen molar-refractivity contribution in [2.45, 2.75) is 17.9 Å². The maximum absolute atomic E-state index is 11.4. The van der Waals surface area contributed by atoms with Gasteiger partial charge in [-0.2, -0.15) is 5.26 Å². The molecule has 1 amide bonds. The fourth-order valence-electron chi connectivity index (χ4n) is 3.14. The van der Waals surface area contributed by atoms with Crippen LogP contribution in [0.15, 0.2) is 29.3 Å². The van der Waals surface area contributed by atoms with Gasteiger partial charge in [0.2, 0.25) is 5.91 Å². The number of primary amides is 1. The van der Waals surface area contributed by atoms with Crippen molar-refractivity contribution in [3.05, 3.63) is 29.8 Å². The van der Waals surface area contributed by atoms with Gasteiger partial charge in [-0.1, -0.05) is 18.2 Å². The lowest BCUT2D eigenvalue weighted by atomic mass is 9.95. The molecular formula is C17H18N4OS. The van der Waals surface area contributed by atoms with E-state index in [9.17, 15) is 10.1 Å². The number of thioether (sulfide) groups is 1. The van der Waals surface area contributed by atoms with E-state index >= 15 is 0 Å². The predicted octanol–water partition coefficient (Wildman–Crippen LogP) is 2.53. The molecule has 3 rings (SSSR count). The van der Waals surface area contributed by atoms with E-state index in [0.29, 0.717) is 5.56 Å². The Morgan fingerprint density at radius 2 is 2.09 bits per heavy atom. The molecule has 2 N–H and O–H groups in total. The lowest BCUT2D eigenvalue weighted by Crippen LogP contribution is -2.39. The van der Waals surface area contributed by atoms with Gasteiger partial charge in [-0.05, 0) is 25.2 Å². The van der Waals surface area contributed by atoms with Gasteiger partial charge in [-0.3, -0.25) is 4.79 Å². The maximum Gasteiger partial charge on any atom is 0.220 e. The van der Waals surface area contributed by atoms with Crippen molar-refractivity contribution in [3.8, 4) is 6.07 Å². The van der Waals surface area contributed by atoms with E-state index in [1.165, 1.54) is 11.8 Å². The van der Waals surface area contributed by atoms with E-state index in [1.54, 1.807) is 0 Å². The number of benzene rings is 1. The smallest absolute Gasteiger partial charge is 0.220 e. The molecule has 1 fully saturated rings. The van der Waals surface area contributed by atoms with Gasteiger partial charge in [-0.15, -0.1) is 11.8 Å². The SMILES string of the molecule is CSc1nc2ccccc2c(N2CCC(C(N)=O)CC2)c1C#N. The summed E-state index contributed by atoms with van der Waals surface area (Å²) in [5.41, 5.74) is 7.87. The highest BCUT2D eigenvalue weighted by molar-refractivity contribution is 7.98. The normalized spacial score (nSPS) is 15.6. The van der Waals surface area contributed by atoms with Crippen molar-refractivity contribution in [1.82, 2.24) is 4.98 Å². The summed E-state index contributed by atoms with van der Waals surface area (Å²) in [6.45, 7) is 1.45. The number of pyridine rings is 1. The van der Waals surface area contributed by atoms with Crippen LogP contribution in [0.5, 0.6) is 0 Å². The minimum atomic E-state index is -0.227. The monoisotopic (exact) mass is 326 g/mol. The standard InChI is InChI=1S/C17H18N4OS/c1-23-17-13(10-18)15(12-4-2-3-5-14(12)20-17)21-8-6-11(7-9-21)16(19)22/h2-5,11H,6-9H2,1H3,(H2,19,22). The lowest BCUT2D eigenvalue weighted by molar-refractivity contribution is -0.122. The van der Waals surface area contributed by atoms with Crippen LogP contribution in [0.3, 0.4) is 0 Å². The van der Waals surface area contributed by atoms with E-state index in [-0.39, 0.29) is 11.8 Å². The van der Waals surface area contributed by atoms with Gasteiger partial charge in [0.15, 0.2) is 0 Å². The van der Waals surface area contributed by atoms with Gasteiger partial charge in [-0.25, -0.2) is 4.98 Å². The van der Waals surface area contributed by atoms with Crippen LogP contribution in [0.25, 0.3) is 10.9 Å². The number of rotatable bonds is 3. The van der Waals surface area contributed by atoms with E-state index in [4.69, 9.17) is 5.73 Å². The van der Waals surface area contributed by atoms with Crippen molar-refractivity contribution in [3.63, 3.8) is 0 Å². The quantitative estimate of drug-likeness (QED) is 0.876. The third-order valence-electron chi connectivity index (χ3n) is 4.35. The number of nitriles is 1. The van der Waals surface area contributed by atoms with Crippen LogP contribution >= 0.6 is 11.8 Å². The number of para-hydroxylation sites is 1. The maximum atomic E-state index is 11.4.